The standard InChI is InChI=1S/C13H14FNO/c14-9-5-3-4-8-12-10(15-13(8)9)6-1-2-7-11(12)16/h3-5,11,15-16H,1-2,6-7H2. The SMILES string of the molecule is OC1CCCCc2[nH]c3c(F)cccc3c21. The molecule has 1 aliphatic rings. The van der Waals surface area contributed by atoms with Crippen molar-refractivity contribution in [2.24, 2.45) is 0 Å². The van der Waals surface area contributed by atoms with Crippen LogP contribution in [0.15, 0.2) is 18.2 Å². The Labute approximate surface area is 93.1 Å². The van der Waals surface area contributed by atoms with Gasteiger partial charge in [0.15, 0.2) is 0 Å². The van der Waals surface area contributed by atoms with Crippen molar-refractivity contribution in [3.05, 3.63) is 35.3 Å². The van der Waals surface area contributed by atoms with E-state index in [1.54, 1.807) is 6.07 Å². The van der Waals surface area contributed by atoms with Crippen molar-refractivity contribution in [1.29, 1.82) is 0 Å². The summed E-state index contributed by atoms with van der Waals surface area (Å²) in [5.41, 5.74) is 2.45. The van der Waals surface area contributed by atoms with Crippen LogP contribution in [0.5, 0.6) is 0 Å². The van der Waals surface area contributed by atoms with Crippen molar-refractivity contribution >= 4 is 10.9 Å². The summed E-state index contributed by atoms with van der Waals surface area (Å²) in [5, 5.41) is 10.9. The zero-order chi connectivity index (χ0) is 11.1. The molecule has 1 unspecified atom stereocenters. The molecule has 1 heterocycles. The Morgan fingerprint density at radius 1 is 1.31 bits per heavy atom. The highest BCUT2D eigenvalue weighted by atomic mass is 19.1. The zero-order valence-corrected chi connectivity index (χ0v) is 8.96. The van der Waals surface area contributed by atoms with Crippen molar-refractivity contribution in [2.75, 3.05) is 0 Å². The van der Waals surface area contributed by atoms with E-state index in [1.165, 1.54) is 6.07 Å². The number of aliphatic hydroxyl groups excluding tert-OH is 1. The summed E-state index contributed by atoms with van der Waals surface area (Å²) in [6, 6.07) is 5.02. The maximum atomic E-state index is 13.6. The van der Waals surface area contributed by atoms with E-state index < -0.39 is 6.10 Å². The molecular weight excluding hydrogens is 205 g/mol. The zero-order valence-electron chi connectivity index (χ0n) is 8.96. The predicted octanol–water partition coefficient (Wildman–Crippen LogP) is 3.07. The van der Waals surface area contributed by atoms with Crippen molar-refractivity contribution in [3.8, 4) is 0 Å². The van der Waals surface area contributed by atoms with Gasteiger partial charge in [0.25, 0.3) is 0 Å². The Morgan fingerprint density at radius 2 is 2.19 bits per heavy atom. The van der Waals surface area contributed by atoms with Crippen LogP contribution < -0.4 is 0 Å². The van der Waals surface area contributed by atoms with Crippen LogP contribution in [-0.2, 0) is 6.42 Å². The smallest absolute Gasteiger partial charge is 0.147 e. The second-order valence-electron chi connectivity index (χ2n) is 4.44. The summed E-state index contributed by atoms with van der Waals surface area (Å²) in [5.74, 6) is -0.238. The molecule has 3 heteroatoms. The number of halogens is 1. The lowest BCUT2D eigenvalue weighted by Gasteiger charge is -2.07. The molecule has 1 aromatic heterocycles. The molecule has 1 aliphatic carbocycles. The molecule has 84 valence electrons. The number of hydrogen-bond donors (Lipinski definition) is 2. The van der Waals surface area contributed by atoms with E-state index in [-0.39, 0.29) is 5.82 Å². The number of aliphatic hydroxyl groups is 1. The van der Waals surface area contributed by atoms with Crippen molar-refractivity contribution in [1.82, 2.24) is 4.98 Å². The Bertz CT molecular complexity index is 532. The molecule has 3 rings (SSSR count). The summed E-state index contributed by atoms with van der Waals surface area (Å²) in [6.07, 6.45) is 3.31. The van der Waals surface area contributed by atoms with Gasteiger partial charge < -0.3 is 10.1 Å². The topological polar surface area (TPSA) is 36.0 Å². The summed E-state index contributed by atoms with van der Waals surface area (Å²) < 4.78 is 13.6. The maximum Gasteiger partial charge on any atom is 0.147 e. The molecule has 0 saturated carbocycles. The van der Waals surface area contributed by atoms with E-state index in [2.05, 4.69) is 4.98 Å². The summed E-state index contributed by atoms with van der Waals surface area (Å²) in [4.78, 5) is 3.12. The molecule has 2 nitrogen and oxygen atoms in total. The molecule has 0 saturated heterocycles. The van der Waals surface area contributed by atoms with Crippen molar-refractivity contribution in [2.45, 2.75) is 31.8 Å². The van der Waals surface area contributed by atoms with Crippen molar-refractivity contribution < 1.29 is 9.50 Å². The molecule has 0 radical (unpaired) electrons. The van der Waals surface area contributed by atoms with E-state index >= 15 is 0 Å². The van der Waals surface area contributed by atoms with Gasteiger partial charge >= 0.3 is 0 Å². The van der Waals surface area contributed by atoms with Crippen LogP contribution in [-0.4, -0.2) is 10.1 Å². The molecule has 0 aliphatic heterocycles. The molecule has 2 aromatic rings. The van der Waals surface area contributed by atoms with Gasteiger partial charge in [-0.25, -0.2) is 4.39 Å². The average Bonchev–Trinajstić information content (AvgIpc) is 2.55. The Morgan fingerprint density at radius 3 is 3.06 bits per heavy atom. The molecule has 0 fully saturated rings. The maximum absolute atomic E-state index is 13.6. The normalized spacial score (nSPS) is 20.8. The lowest BCUT2D eigenvalue weighted by Crippen LogP contribution is -1.96. The number of H-pyrrole nitrogens is 1. The summed E-state index contributed by atoms with van der Waals surface area (Å²) in [7, 11) is 0. The van der Waals surface area contributed by atoms with Gasteiger partial charge in [-0.3, -0.25) is 0 Å². The average molecular weight is 219 g/mol. The number of aryl methyl sites for hydroxylation is 1. The third kappa shape index (κ3) is 1.35. The molecule has 1 aromatic carbocycles. The fourth-order valence-electron chi connectivity index (χ4n) is 2.62. The lowest BCUT2D eigenvalue weighted by molar-refractivity contribution is 0.168. The number of benzene rings is 1. The summed E-state index contributed by atoms with van der Waals surface area (Å²) >= 11 is 0. The van der Waals surface area contributed by atoms with Gasteiger partial charge in [0.1, 0.15) is 5.82 Å². The van der Waals surface area contributed by atoms with E-state index in [0.29, 0.717) is 5.52 Å². The number of fused-ring (bicyclic) bond motifs is 3. The van der Waals surface area contributed by atoms with E-state index in [4.69, 9.17) is 0 Å². The van der Waals surface area contributed by atoms with Gasteiger partial charge in [0.2, 0.25) is 0 Å². The van der Waals surface area contributed by atoms with Crippen LogP contribution in [0, 0.1) is 5.82 Å². The van der Waals surface area contributed by atoms with Crippen LogP contribution in [0.4, 0.5) is 4.39 Å². The Kier molecular flexibility index (Phi) is 2.21. The second kappa shape index (κ2) is 3.59. The van der Waals surface area contributed by atoms with E-state index in [9.17, 15) is 9.50 Å². The number of nitrogens with one attached hydrogen (secondary N) is 1. The van der Waals surface area contributed by atoms with Crippen LogP contribution in [0.3, 0.4) is 0 Å². The van der Waals surface area contributed by atoms with Crippen LogP contribution in [0.25, 0.3) is 10.9 Å². The van der Waals surface area contributed by atoms with Gasteiger partial charge in [-0.15, -0.1) is 0 Å². The molecule has 16 heavy (non-hydrogen) atoms. The first kappa shape index (κ1) is 9.85. The lowest BCUT2D eigenvalue weighted by atomic mass is 10.0. The minimum Gasteiger partial charge on any atom is -0.388 e. The largest absolute Gasteiger partial charge is 0.388 e. The van der Waals surface area contributed by atoms with E-state index in [0.717, 1.165) is 42.3 Å². The van der Waals surface area contributed by atoms with E-state index in [1.807, 2.05) is 6.07 Å². The minimum absolute atomic E-state index is 0.238. The molecule has 2 N–H and O–H groups in total. The fraction of sp³-hybridized carbons (Fsp3) is 0.385. The number of hydrogen-bond acceptors (Lipinski definition) is 1. The monoisotopic (exact) mass is 219 g/mol. The predicted molar refractivity (Wildman–Crippen MR) is 60.8 cm³/mol. The summed E-state index contributed by atoms with van der Waals surface area (Å²) in [6.45, 7) is 0. The molecular formula is C13H14FNO. The molecule has 0 bridgehead atoms. The van der Waals surface area contributed by atoms with Crippen LogP contribution in [0.1, 0.15) is 36.6 Å². The highest BCUT2D eigenvalue weighted by Crippen LogP contribution is 2.35. The second-order valence-corrected chi connectivity index (χ2v) is 4.44. The Balaban J connectivity index is 2.30. The first-order valence-electron chi connectivity index (χ1n) is 5.74. The van der Waals surface area contributed by atoms with Gasteiger partial charge in [-0.05, 0) is 25.3 Å². The number of rotatable bonds is 0. The van der Waals surface area contributed by atoms with Gasteiger partial charge in [0, 0.05) is 16.6 Å². The quantitative estimate of drug-likeness (QED) is 0.656. The molecule has 0 spiro atoms. The highest BCUT2D eigenvalue weighted by molar-refractivity contribution is 5.85. The Hall–Kier alpha value is -1.35. The van der Waals surface area contributed by atoms with Gasteiger partial charge in [-0.1, -0.05) is 18.6 Å². The fourth-order valence-corrected chi connectivity index (χ4v) is 2.62. The minimum atomic E-state index is -0.451. The number of para-hydroxylation sites is 1. The first-order valence-corrected chi connectivity index (χ1v) is 5.74. The van der Waals surface area contributed by atoms with Crippen LogP contribution >= 0.6 is 0 Å². The molecule has 1 atom stereocenters. The third-order valence-corrected chi connectivity index (χ3v) is 3.39. The first-order chi connectivity index (χ1) is 7.77. The van der Waals surface area contributed by atoms with Gasteiger partial charge in [0.05, 0.1) is 11.6 Å². The van der Waals surface area contributed by atoms with Crippen molar-refractivity contribution in [3.63, 3.8) is 0 Å². The highest BCUT2D eigenvalue weighted by Gasteiger charge is 2.22. The van der Waals surface area contributed by atoms with Gasteiger partial charge in [-0.2, -0.15) is 0 Å². The third-order valence-electron chi connectivity index (χ3n) is 3.39. The molecule has 0 amide bonds. The number of aromatic amines is 1. The number of aromatic nitrogens is 1. The van der Waals surface area contributed by atoms with Crippen LogP contribution in [0.2, 0.25) is 0 Å².